The van der Waals surface area contributed by atoms with Crippen LogP contribution in [0.1, 0.15) is 31.1 Å². The van der Waals surface area contributed by atoms with Gasteiger partial charge < -0.3 is 5.11 Å². The predicted octanol–water partition coefficient (Wildman–Crippen LogP) is 3.90. The smallest absolute Gasteiger partial charge is 0.152 e. The molecule has 0 saturated heterocycles. The van der Waals surface area contributed by atoms with Crippen LogP contribution in [-0.2, 0) is 18.6 Å². The molecule has 0 radical (unpaired) electrons. The summed E-state index contributed by atoms with van der Waals surface area (Å²) >= 11 is 0. The van der Waals surface area contributed by atoms with Crippen LogP contribution >= 0.6 is 0 Å². The van der Waals surface area contributed by atoms with E-state index in [1.807, 2.05) is 0 Å². The lowest BCUT2D eigenvalue weighted by molar-refractivity contribution is -0.0357. The van der Waals surface area contributed by atoms with Crippen LogP contribution in [0.2, 0.25) is 0 Å². The van der Waals surface area contributed by atoms with E-state index in [1.54, 1.807) is 6.92 Å². The third-order valence-electron chi connectivity index (χ3n) is 5.46. The van der Waals surface area contributed by atoms with Crippen LogP contribution < -0.4 is 0 Å². The van der Waals surface area contributed by atoms with E-state index in [0.29, 0.717) is 18.2 Å². The third kappa shape index (κ3) is 3.56. The summed E-state index contributed by atoms with van der Waals surface area (Å²) in [5.41, 5.74) is -1.86. The Kier molecular flexibility index (Phi) is 5.26. The van der Waals surface area contributed by atoms with Crippen LogP contribution in [-0.4, -0.2) is 29.7 Å². The normalized spacial score (nSPS) is 14.7. The highest BCUT2D eigenvalue weighted by atomic mass is 19.1. The van der Waals surface area contributed by atoms with Gasteiger partial charge in [0.1, 0.15) is 41.2 Å². The van der Waals surface area contributed by atoms with Crippen molar-refractivity contribution in [3.63, 3.8) is 0 Å². The molecule has 0 bridgehead atoms. The molecule has 2 aromatic carbocycles. The summed E-state index contributed by atoms with van der Waals surface area (Å²) in [6.45, 7) is 3.03. The first-order chi connectivity index (χ1) is 14.7. The third-order valence-corrected chi connectivity index (χ3v) is 5.46. The van der Waals surface area contributed by atoms with Gasteiger partial charge in [0.05, 0.1) is 18.3 Å². The molecule has 0 amide bonds. The van der Waals surface area contributed by atoms with Gasteiger partial charge in [-0.25, -0.2) is 27.2 Å². The van der Waals surface area contributed by atoms with E-state index in [-0.39, 0.29) is 23.0 Å². The number of aromatic nitrogens is 5. The van der Waals surface area contributed by atoms with Gasteiger partial charge in [-0.3, -0.25) is 4.68 Å². The first-order valence-corrected chi connectivity index (χ1v) is 9.61. The molecule has 10 heteroatoms. The number of hydrogen-bond acceptors (Lipinski definition) is 4. The fourth-order valence-corrected chi connectivity index (χ4v) is 3.84. The second kappa shape index (κ2) is 7.77. The molecule has 0 unspecified atom stereocenters. The minimum Gasteiger partial charge on any atom is -0.381 e. The van der Waals surface area contributed by atoms with Crippen molar-refractivity contribution in [1.29, 1.82) is 0 Å². The Labute approximate surface area is 174 Å². The van der Waals surface area contributed by atoms with E-state index in [0.717, 1.165) is 18.2 Å². The van der Waals surface area contributed by atoms with Crippen LogP contribution in [0.25, 0.3) is 10.9 Å². The number of halogens is 4. The molecule has 0 aliphatic carbocycles. The Balaban J connectivity index is 1.94. The van der Waals surface area contributed by atoms with E-state index in [4.69, 9.17) is 0 Å². The van der Waals surface area contributed by atoms with E-state index < -0.39 is 34.9 Å². The molecule has 2 aromatic heterocycles. The van der Waals surface area contributed by atoms with Crippen molar-refractivity contribution >= 4 is 10.9 Å². The number of fused-ring (bicyclic) bond motifs is 1. The molecular formula is C21H19F4N5O. The summed E-state index contributed by atoms with van der Waals surface area (Å²) in [5.74, 6) is -3.41. The van der Waals surface area contributed by atoms with Crippen LogP contribution in [0, 0.1) is 23.3 Å². The minimum atomic E-state index is -2.03. The summed E-state index contributed by atoms with van der Waals surface area (Å²) in [5, 5.41) is 20.3. The summed E-state index contributed by atoms with van der Waals surface area (Å²) in [6.07, 6.45) is 2.95. The van der Waals surface area contributed by atoms with Gasteiger partial charge in [-0.15, -0.1) is 0 Å². The first kappa shape index (κ1) is 21.0. The van der Waals surface area contributed by atoms with Gasteiger partial charge >= 0.3 is 0 Å². The average Bonchev–Trinajstić information content (AvgIpc) is 3.34. The number of nitrogens with zero attached hydrogens (tertiary/aromatic N) is 5. The van der Waals surface area contributed by atoms with Crippen LogP contribution in [0.4, 0.5) is 17.6 Å². The molecular weight excluding hydrogens is 414 g/mol. The Bertz CT molecular complexity index is 1240. The molecule has 0 aliphatic heterocycles. The highest BCUT2D eigenvalue weighted by molar-refractivity contribution is 5.83. The molecule has 0 fully saturated rings. The van der Waals surface area contributed by atoms with E-state index in [1.165, 1.54) is 35.0 Å². The predicted molar refractivity (Wildman–Crippen MR) is 104 cm³/mol. The quantitative estimate of drug-likeness (QED) is 0.469. The van der Waals surface area contributed by atoms with Crippen molar-refractivity contribution in [2.45, 2.75) is 38.5 Å². The first-order valence-electron chi connectivity index (χ1n) is 9.61. The number of rotatable bonds is 6. The lowest BCUT2D eigenvalue weighted by Gasteiger charge is -2.35. The van der Waals surface area contributed by atoms with E-state index >= 15 is 0 Å². The summed E-state index contributed by atoms with van der Waals surface area (Å²) < 4.78 is 59.4. The zero-order valence-electron chi connectivity index (χ0n) is 16.7. The standard InChI is InChI=1S/C21H19F4N5O/c1-3-19-15-6-14(23)8-18(25)20(15)30(28-19)12(2)21(31,9-29-11-26-10-27-29)16-5-4-13(22)7-17(16)24/h4-8,10-12,31H,3,9H2,1-2H3/t12-,21-/m1/s1. The lowest BCUT2D eigenvalue weighted by atomic mass is 9.86. The van der Waals surface area contributed by atoms with Gasteiger partial charge in [0.2, 0.25) is 0 Å². The highest BCUT2D eigenvalue weighted by Gasteiger charge is 2.42. The molecule has 1 N–H and O–H groups in total. The van der Waals surface area contributed by atoms with Gasteiger partial charge in [0.15, 0.2) is 5.82 Å². The van der Waals surface area contributed by atoms with Crippen LogP contribution in [0.5, 0.6) is 0 Å². The monoisotopic (exact) mass is 433 g/mol. The van der Waals surface area contributed by atoms with Crippen molar-refractivity contribution in [2.75, 3.05) is 0 Å². The molecule has 6 nitrogen and oxygen atoms in total. The topological polar surface area (TPSA) is 68.8 Å². The number of aryl methyl sites for hydroxylation is 1. The summed E-state index contributed by atoms with van der Waals surface area (Å²) in [7, 11) is 0. The van der Waals surface area contributed by atoms with Crippen LogP contribution in [0.15, 0.2) is 43.0 Å². The van der Waals surface area contributed by atoms with Gasteiger partial charge in [0.25, 0.3) is 0 Å². The van der Waals surface area contributed by atoms with Crippen LogP contribution in [0.3, 0.4) is 0 Å². The fraction of sp³-hybridized carbons (Fsp3) is 0.286. The minimum absolute atomic E-state index is 0.0229. The van der Waals surface area contributed by atoms with Crippen molar-refractivity contribution in [2.24, 2.45) is 0 Å². The molecule has 2 atom stereocenters. The molecule has 2 heterocycles. The van der Waals surface area contributed by atoms with Crippen molar-refractivity contribution in [3.8, 4) is 0 Å². The molecule has 0 aliphatic rings. The Morgan fingerprint density at radius 1 is 1.06 bits per heavy atom. The average molecular weight is 433 g/mol. The summed E-state index contributed by atoms with van der Waals surface area (Å²) in [6, 6.07) is 3.64. The van der Waals surface area contributed by atoms with Crippen molar-refractivity contribution in [1.82, 2.24) is 24.5 Å². The van der Waals surface area contributed by atoms with Gasteiger partial charge in [-0.05, 0) is 25.5 Å². The Morgan fingerprint density at radius 2 is 1.81 bits per heavy atom. The maximum Gasteiger partial charge on any atom is 0.152 e. The SMILES string of the molecule is CCc1nn([C@H](C)[C@](O)(Cn2cncn2)c2ccc(F)cc2F)c2c(F)cc(F)cc12. The Morgan fingerprint density at radius 3 is 2.45 bits per heavy atom. The second-order valence-corrected chi connectivity index (χ2v) is 7.35. The zero-order valence-corrected chi connectivity index (χ0v) is 16.7. The molecule has 31 heavy (non-hydrogen) atoms. The highest BCUT2D eigenvalue weighted by Crippen LogP contribution is 2.39. The molecule has 162 valence electrons. The van der Waals surface area contributed by atoms with E-state index in [9.17, 15) is 22.7 Å². The molecule has 4 rings (SSSR count). The molecule has 0 saturated carbocycles. The number of benzene rings is 2. The molecule has 0 spiro atoms. The van der Waals surface area contributed by atoms with Crippen molar-refractivity contribution in [3.05, 3.63) is 77.5 Å². The molecule has 4 aromatic rings. The second-order valence-electron chi connectivity index (χ2n) is 7.35. The van der Waals surface area contributed by atoms with Gasteiger partial charge in [0, 0.05) is 23.1 Å². The lowest BCUT2D eigenvalue weighted by Crippen LogP contribution is -2.41. The van der Waals surface area contributed by atoms with Crippen molar-refractivity contribution < 1.29 is 22.7 Å². The maximum atomic E-state index is 14.8. The zero-order chi connectivity index (χ0) is 22.3. The number of hydrogen-bond donors (Lipinski definition) is 1. The van der Waals surface area contributed by atoms with E-state index in [2.05, 4.69) is 15.2 Å². The fourth-order valence-electron chi connectivity index (χ4n) is 3.84. The van der Waals surface area contributed by atoms with Gasteiger partial charge in [-0.1, -0.05) is 13.0 Å². The summed E-state index contributed by atoms with van der Waals surface area (Å²) in [4.78, 5) is 3.82. The number of aliphatic hydroxyl groups is 1. The van der Waals surface area contributed by atoms with Gasteiger partial charge in [-0.2, -0.15) is 10.2 Å². The largest absolute Gasteiger partial charge is 0.381 e. The Hall–Kier alpha value is -3.27. The maximum absolute atomic E-state index is 14.8.